The summed E-state index contributed by atoms with van der Waals surface area (Å²) in [6.07, 6.45) is 1.81. The van der Waals surface area contributed by atoms with Crippen molar-refractivity contribution in [3.05, 3.63) is 70.4 Å². The molecule has 2 aromatic carbocycles. The Hall–Kier alpha value is -2.35. The molecule has 1 heterocycles. The van der Waals surface area contributed by atoms with Gasteiger partial charge >= 0.3 is 0 Å². The Bertz CT molecular complexity index is 791. The molecule has 3 rings (SSSR count). The van der Waals surface area contributed by atoms with Gasteiger partial charge in [-0.15, -0.1) is 0 Å². The lowest BCUT2D eigenvalue weighted by atomic mass is 9.99. The third-order valence-corrected chi connectivity index (χ3v) is 3.57. The summed E-state index contributed by atoms with van der Waals surface area (Å²) >= 11 is 0. The normalized spacial score (nSPS) is 10.9. The van der Waals surface area contributed by atoms with Gasteiger partial charge in [-0.05, 0) is 44.5 Å². The van der Waals surface area contributed by atoms with E-state index in [1.807, 2.05) is 51.2 Å². The molecule has 0 unspecified atom stereocenters. The molecule has 3 aromatic rings. The third-order valence-electron chi connectivity index (χ3n) is 3.57. The number of aromatic nitrogens is 1. The first kappa shape index (κ1) is 12.7. The molecule has 100 valence electrons. The average molecular weight is 263 g/mol. The number of aryl methyl sites for hydroxylation is 3. The number of benzene rings is 2. The predicted octanol–water partition coefficient (Wildman–Crippen LogP) is 4.32. The number of hydrogen-bond acceptors (Lipinski definition) is 1. The summed E-state index contributed by atoms with van der Waals surface area (Å²) in [7, 11) is 0. The zero-order valence-corrected chi connectivity index (χ0v) is 11.9. The Morgan fingerprint density at radius 1 is 0.900 bits per heavy atom. The molecule has 0 saturated carbocycles. The van der Waals surface area contributed by atoms with E-state index in [-0.39, 0.29) is 5.78 Å². The highest BCUT2D eigenvalue weighted by Gasteiger charge is 2.14. The molecule has 0 amide bonds. The zero-order chi connectivity index (χ0) is 14.3. The fourth-order valence-electron chi connectivity index (χ4n) is 2.69. The quantitative estimate of drug-likeness (QED) is 0.686. The van der Waals surface area contributed by atoms with Crippen molar-refractivity contribution in [2.24, 2.45) is 0 Å². The molecular weight excluding hydrogens is 246 g/mol. The van der Waals surface area contributed by atoms with Crippen LogP contribution in [0.5, 0.6) is 0 Å². The van der Waals surface area contributed by atoms with Crippen molar-refractivity contribution in [1.82, 2.24) is 4.98 Å². The molecule has 1 N–H and O–H groups in total. The number of carbonyl (C=O) groups is 1. The number of ketones is 1. The van der Waals surface area contributed by atoms with Crippen LogP contribution in [0.1, 0.15) is 32.6 Å². The molecule has 0 aliphatic rings. The van der Waals surface area contributed by atoms with Gasteiger partial charge in [-0.3, -0.25) is 4.79 Å². The van der Waals surface area contributed by atoms with Gasteiger partial charge in [0.05, 0.1) is 0 Å². The van der Waals surface area contributed by atoms with Crippen LogP contribution in [0, 0.1) is 20.8 Å². The summed E-state index contributed by atoms with van der Waals surface area (Å²) in [5, 5.41) is 0.986. The van der Waals surface area contributed by atoms with Crippen LogP contribution in [0.4, 0.5) is 0 Å². The second-order valence-electron chi connectivity index (χ2n) is 5.46. The molecule has 0 spiro atoms. The lowest BCUT2D eigenvalue weighted by Crippen LogP contribution is -2.01. The summed E-state index contributed by atoms with van der Waals surface area (Å²) in [6.45, 7) is 6.08. The zero-order valence-electron chi connectivity index (χ0n) is 11.9. The van der Waals surface area contributed by atoms with Gasteiger partial charge in [-0.2, -0.15) is 0 Å². The second-order valence-corrected chi connectivity index (χ2v) is 5.46. The van der Waals surface area contributed by atoms with Crippen LogP contribution < -0.4 is 0 Å². The second kappa shape index (κ2) is 4.64. The van der Waals surface area contributed by atoms with Gasteiger partial charge in [-0.1, -0.05) is 29.3 Å². The predicted molar refractivity (Wildman–Crippen MR) is 82.4 cm³/mol. The maximum atomic E-state index is 12.7. The minimum Gasteiger partial charge on any atom is -0.360 e. The molecule has 0 bridgehead atoms. The summed E-state index contributed by atoms with van der Waals surface area (Å²) in [6, 6.07) is 12.1. The Balaban J connectivity index is 2.12. The van der Waals surface area contributed by atoms with E-state index in [0.717, 1.165) is 33.2 Å². The van der Waals surface area contributed by atoms with Crippen molar-refractivity contribution in [3.63, 3.8) is 0 Å². The van der Waals surface area contributed by atoms with Crippen LogP contribution in [0.25, 0.3) is 10.9 Å². The van der Waals surface area contributed by atoms with Crippen molar-refractivity contribution in [2.45, 2.75) is 20.8 Å². The van der Waals surface area contributed by atoms with Crippen LogP contribution in [-0.2, 0) is 0 Å². The van der Waals surface area contributed by atoms with Crippen LogP contribution in [0.3, 0.4) is 0 Å². The first-order valence-corrected chi connectivity index (χ1v) is 6.75. The fraction of sp³-hybridized carbons (Fsp3) is 0.167. The molecule has 0 aliphatic carbocycles. The van der Waals surface area contributed by atoms with Gasteiger partial charge in [0.2, 0.25) is 0 Å². The highest BCUT2D eigenvalue weighted by Crippen LogP contribution is 2.23. The van der Waals surface area contributed by atoms with E-state index < -0.39 is 0 Å². The summed E-state index contributed by atoms with van der Waals surface area (Å²) in [4.78, 5) is 15.9. The number of rotatable bonds is 2. The minimum absolute atomic E-state index is 0.0758. The van der Waals surface area contributed by atoms with E-state index in [1.54, 1.807) is 0 Å². The van der Waals surface area contributed by atoms with Crippen molar-refractivity contribution >= 4 is 16.7 Å². The van der Waals surface area contributed by atoms with Crippen molar-refractivity contribution in [1.29, 1.82) is 0 Å². The van der Waals surface area contributed by atoms with Gasteiger partial charge in [0.1, 0.15) is 0 Å². The Labute approximate surface area is 118 Å². The van der Waals surface area contributed by atoms with E-state index in [9.17, 15) is 4.79 Å². The van der Waals surface area contributed by atoms with Crippen molar-refractivity contribution in [2.75, 3.05) is 0 Å². The average Bonchev–Trinajstić information content (AvgIpc) is 2.79. The van der Waals surface area contributed by atoms with Crippen molar-refractivity contribution in [3.8, 4) is 0 Å². The Morgan fingerprint density at radius 3 is 2.30 bits per heavy atom. The van der Waals surface area contributed by atoms with Gasteiger partial charge < -0.3 is 4.98 Å². The molecule has 0 aliphatic heterocycles. The van der Waals surface area contributed by atoms with E-state index in [2.05, 4.69) is 17.1 Å². The maximum absolute atomic E-state index is 12.7. The Kier molecular flexibility index (Phi) is 2.94. The van der Waals surface area contributed by atoms with E-state index in [4.69, 9.17) is 0 Å². The number of H-pyrrole nitrogens is 1. The number of carbonyl (C=O) groups excluding carboxylic acids is 1. The summed E-state index contributed by atoms with van der Waals surface area (Å²) in [5.41, 5.74) is 5.92. The van der Waals surface area contributed by atoms with Crippen LogP contribution >= 0.6 is 0 Å². The van der Waals surface area contributed by atoms with E-state index in [1.165, 1.54) is 5.56 Å². The molecule has 0 radical (unpaired) electrons. The first-order chi connectivity index (χ1) is 9.54. The number of aromatic amines is 1. The maximum Gasteiger partial charge on any atom is 0.195 e. The molecule has 0 fully saturated rings. The Morgan fingerprint density at radius 2 is 1.60 bits per heavy atom. The number of hydrogen-bond donors (Lipinski definition) is 1. The van der Waals surface area contributed by atoms with Gasteiger partial charge in [-0.25, -0.2) is 0 Å². The summed E-state index contributed by atoms with van der Waals surface area (Å²) in [5.74, 6) is 0.0758. The lowest BCUT2D eigenvalue weighted by Gasteiger charge is -2.04. The number of nitrogens with one attached hydrogen (secondary N) is 1. The first-order valence-electron chi connectivity index (χ1n) is 6.75. The van der Waals surface area contributed by atoms with Crippen LogP contribution in [-0.4, -0.2) is 10.8 Å². The van der Waals surface area contributed by atoms with Gasteiger partial charge in [0.15, 0.2) is 5.78 Å². The molecule has 2 nitrogen and oxygen atoms in total. The number of fused-ring (bicyclic) bond motifs is 1. The van der Waals surface area contributed by atoms with Crippen molar-refractivity contribution < 1.29 is 4.79 Å². The highest BCUT2D eigenvalue weighted by molar-refractivity contribution is 6.16. The molecule has 1 aromatic heterocycles. The monoisotopic (exact) mass is 263 g/mol. The molecule has 20 heavy (non-hydrogen) atoms. The van der Waals surface area contributed by atoms with Gasteiger partial charge in [0.25, 0.3) is 0 Å². The summed E-state index contributed by atoms with van der Waals surface area (Å²) < 4.78 is 0. The molecule has 0 atom stereocenters. The van der Waals surface area contributed by atoms with E-state index in [0.29, 0.717) is 0 Å². The molecule has 2 heteroatoms. The fourth-order valence-corrected chi connectivity index (χ4v) is 2.69. The van der Waals surface area contributed by atoms with Crippen LogP contribution in [0.2, 0.25) is 0 Å². The van der Waals surface area contributed by atoms with Gasteiger partial charge in [0, 0.05) is 28.2 Å². The minimum atomic E-state index is 0.0758. The smallest absolute Gasteiger partial charge is 0.195 e. The lowest BCUT2D eigenvalue weighted by molar-refractivity contribution is 0.104. The molecule has 0 saturated heterocycles. The topological polar surface area (TPSA) is 32.9 Å². The largest absolute Gasteiger partial charge is 0.360 e. The highest BCUT2D eigenvalue weighted by atomic mass is 16.1. The van der Waals surface area contributed by atoms with E-state index >= 15 is 0 Å². The molecular formula is C18H17NO. The third kappa shape index (κ3) is 2.14. The standard InChI is InChI=1S/C18H17NO/c1-11-4-5-15-16(10-19-17(15)9-11)18(20)14-7-12(2)6-13(3)8-14/h4-10,19H,1-3H3. The SMILES string of the molecule is Cc1cc(C)cc(C(=O)c2c[nH]c3cc(C)ccc23)c1. The van der Waals surface area contributed by atoms with Crippen LogP contribution in [0.15, 0.2) is 42.6 Å².